The van der Waals surface area contributed by atoms with Crippen LogP contribution in [-0.2, 0) is 16.1 Å². The van der Waals surface area contributed by atoms with E-state index in [4.69, 9.17) is 11.6 Å². The van der Waals surface area contributed by atoms with Crippen LogP contribution in [0.2, 0.25) is 5.02 Å². The van der Waals surface area contributed by atoms with Gasteiger partial charge in [0.15, 0.2) is 0 Å². The molecule has 1 saturated carbocycles. The number of urea groups is 1. The first-order valence-electron chi connectivity index (χ1n) is 9.41. The first-order valence-corrected chi connectivity index (χ1v) is 10.6. The van der Waals surface area contributed by atoms with Crippen molar-refractivity contribution in [3.63, 3.8) is 0 Å². The van der Waals surface area contributed by atoms with Crippen molar-refractivity contribution in [3.05, 3.63) is 39.2 Å². The molecule has 1 aromatic heterocycles. The molecule has 1 aliphatic carbocycles. The van der Waals surface area contributed by atoms with E-state index in [0.717, 1.165) is 38.9 Å². The molecule has 1 aromatic carbocycles. The van der Waals surface area contributed by atoms with E-state index in [-0.39, 0.29) is 24.9 Å². The molecule has 2 fully saturated rings. The number of nitrogens with zero attached hydrogens (tertiary/aromatic N) is 2. The molecule has 1 aliphatic heterocycles. The third kappa shape index (κ3) is 3.86. The Balaban J connectivity index is 1.37. The molecule has 4 amide bonds. The van der Waals surface area contributed by atoms with Crippen LogP contribution < -0.4 is 10.6 Å². The van der Waals surface area contributed by atoms with E-state index in [2.05, 4.69) is 15.6 Å². The van der Waals surface area contributed by atoms with E-state index in [0.29, 0.717) is 5.02 Å². The van der Waals surface area contributed by atoms with E-state index < -0.39 is 17.5 Å². The number of hydrogen-bond acceptors (Lipinski definition) is 5. The third-order valence-corrected chi connectivity index (χ3v) is 6.61. The van der Waals surface area contributed by atoms with Gasteiger partial charge in [0, 0.05) is 15.5 Å². The number of imide groups is 1. The molecule has 1 saturated heterocycles. The number of thiazole rings is 1. The molecular weight excluding hydrogens is 412 g/mol. The summed E-state index contributed by atoms with van der Waals surface area (Å²) in [5, 5.41) is 6.91. The molecule has 0 spiro atoms. The monoisotopic (exact) mass is 432 g/mol. The van der Waals surface area contributed by atoms with E-state index >= 15 is 0 Å². The lowest BCUT2D eigenvalue weighted by molar-refractivity contribution is -0.135. The number of carbonyl (C=O) groups is 3. The quantitative estimate of drug-likeness (QED) is 0.686. The number of amides is 4. The van der Waals surface area contributed by atoms with E-state index in [1.807, 2.05) is 31.2 Å². The zero-order valence-corrected chi connectivity index (χ0v) is 17.7. The Bertz CT molecular complexity index is 986. The summed E-state index contributed by atoms with van der Waals surface area (Å²) in [6.45, 7) is 3.65. The van der Waals surface area contributed by atoms with Gasteiger partial charge >= 0.3 is 6.03 Å². The molecule has 0 radical (unpaired) electrons. The van der Waals surface area contributed by atoms with Crippen molar-refractivity contribution < 1.29 is 14.4 Å². The Morgan fingerprint density at radius 3 is 2.69 bits per heavy atom. The Labute approximate surface area is 177 Å². The average molecular weight is 433 g/mol. The minimum atomic E-state index is -0.878. The molecule has 2 heterocycles. The summed E-state index contributed by atoms with van der Waals surface area (Å²) in [4.78, 5) is 43.7. The molecule has 29 heavy (non-hydrogen) atoms. The summed E-state index contributed by atoms with van der Waals surface area (Å²) < 4.78 is 0. The number of benzene rings is 1. The van der Waals surface area contributed by atoms with Gasteiger partial charge in [-0.05, 0) is 44.7 Å². The number of carbonyl (C=O) groups excluding carboxylic acids is 3. The summed E-state index contributed by atoms with van der Waals surface area (Å²) in [5.74, 6) is -0.554. The number of hydrogen-bond donors (Lipinski definition) is 2. The van der Waals surface area contributed by atoms with Gasteiger partial charge in [-0.1, -0.05) is 23.7 Å². The highest BCUT2D eigenvalue weighted by Crippen LogP contribution is 2.42. The SMILES string of the molecule is Cc1sc(CNC(=O)CN2C(=O)NC(C)(C3CC3)C2=O)nc1-c1ccc(Cl)cc1. The lowest BCUT2D eigenvalue weighted by atomic mass is 9.96. The molecular formula is C20H21ClN4O3S. The fourth-order valence-corrected chi connectivity index (χ4v) is 4.59. The highest BCUT2D eigenvalue weighted by atomic mass is 35.5. The van der Waals surface area contributed by atoms with Gasteiger partial charge in [0.25, 0.3) is 5.91 Å². The number of aromatic nitrogens is 1. The largest absolute Gasteiger partial charge is 0.348 e. The van der Waals surface area contributed by atoms with Gasteiger partial charge in [-0.3, -0.25) is 14.5 Å². The summed E-state index contributed by atoms with van der Waals surface area (Å²) in [5.41, 5.74) is 0.932. The van der Waals surface area contributed by atoms with Crippen LogP contribution in [0.25, 0.3) is 11.3 Å². The predicted octanol–water partition coefficient (Wildman–Crippen LogP) is 3.11. The van der Waals surface area contributed by atoms with Gasteiger partial charge < -0.3 is 10.6 Å². The predicted molar refractivity (Wildman–Crippen MR) is 111 cm³/mol. The maximum atomic E-state index is 12.6. The Hall–Kier alpha value is -2.45. The van der Waals surface area contributed by atoms with Gasteiger partial charge in [0.2, 0.25) is 5.91 Å². The minimum Gasteiger partial charge on any atom is -0.348 e. The summed E-state index contributed by atoms with van der Waals surface area (Å²) in [6.07, 6.45) is 1.84. The van der Waals surface area contributed by atoms with E-state index in [1.54, 1.807) is 6.92 Å². The van der Waals surface area contributed by atoms with E-state index in [9.17, 15) is 14.4 Å². The maximum Gasteiger partial charge on any atom is 0.325 e. The highest BCUT2D eigenvalue weighted by Gasteiger charge is 2.56. The van der Waals surface area contributed by atoms with Crippen LogP contribution in [0.5, 0.6) is 0 Å². The molecule has 152 valence electrons. The smallest absolute Gasteiger partial charge is 0.325 e. The minimum absolute atomic E-state index is 0.164. The molecule has 1 unspecified atom stereocenters. The Morgan fingerprint density at radius 1 is 1.34 bits per heavy atom. The second-order valence-electron chi connectivity index (χ2n) is 7.59. The topological polar surface area (TPSA) is 91.4 Å². The summed E-state index contributed by atoms with van der Waals surface area (Å²) in [6, 6.07) is 6.92. The Kier molecular flexibility index (Phi) is 5.08. The van der Waals surface area contributed by atoms with Gasteiger partial charge in [-0.25, -0.2) is 9.78 Å². The van der Waals surface area contributed by atoms with Crippen LogP contribution in [-0.4, -0.2) is 39.8 Å². The molecule has 0 bridgehead atoms. The molecule has 1 atom stereocenters. The van der Waals surface area contributed by atoms with Gasteiger partial charge in [-0.15, -0.1) is 11.3 Å². The molecule has 4 rings (SSSR count). The van der Waals surface area contributed by atoms with Crippen LogP contribution in [0.4, 0.5) is 4.79 Å². The van der Waals surface area contributed by atoms with Crippen molar-refractivity contribution in [1.29, 1.82) is 0 Å². The lowest BCUT2D eigenvalue weighted by Gasteiger charge is -2.20. The van der Waals surface area contributed by atoms with Crippen molar-refractivity contribution in [2.24, 2.45) is 5.92 Å². The first kappa shape index (κ1) is 19.8. The normalized spacial score (nSPS) is 21.4. The van der Waals surface area contributed by atoms with Crippen LogP contribution in [0.1, 0.15) is 29.7 Å². The number of halogens is 1. The van der Waals surface area contributed by atoms with Gasteiger partial charge in [-0.2, -0.15) is 0 Å². The molecule has 2 N–H and O–H groups in total. The lowest BCUT2D eigenvalue weighted by Crippen LogP contribution is -2.46. The molecule has 2 aliphatic rings. The van der Waals surface area contributed by atoms with Crippen molar-refractivity contribution in [3.8, 4) is 11.3 Å². The zero-order valence-electron chi connectivity index (χ0n) is 16.1. The van der Waals surface area contributed by atoms with Crippen LogP contribution in [0.3, 0.4) is 0 Å². The highest BCUT2D eigenvalue weighted by molar-refractivity contribution is 7.12. The van der Waals surface area contributed by atoms with Crippen LogP contribution >= 0.6 is 22.9 Å². The molecule has 2 aromatic rings. The van der Waals surface area contributed by atoms with Gasteiger partial charge in [0.05, 0.1) is 12.2 Å². The standard InChI is InChI=1S/C20H21ClN4O3S/c1-11-17(12-3-7-14(21)8-4-12)23-16(29-11)9-22-15(26)10-25-18(27)20(2,13-5-6-13)24-19(25)28/h3-4,7-8,13H,5-6,9-10H2,1-2H3,(H,22,26)(H,24,28). The van der Waals surface area contributed by atoms with Crippen LogP contribution in [0.15, 0.2) is 24.3 Å². The third-order valence-electron chi connectivity index (χ3n) is 5.39. The Morgan fingerprint density at radius 2 is 2.03 bits per heavy atom. The average Bonchev–Trinajstić information content (AvgIpc) is 3.44. The number of nitrogens with one attached hydrogen (secondary N) is 2. The van der Waals surface area contributed by atoms with Gasteiger partial charge in [0.1, 0.15) is 17.1 Å². The van der Waals surface area contributed by atoms with Crippen molar-refractivity contribution >= 4 is 40.8 Å². The summed E-state index contributed by atoms with van der Waals surface area (Å²) >= 11 is 7.43. The van der Waals surface area contributed by atoms with Crippen molar-refractivity contribution in [2.75, 3.05) is 6.54 Å². The number of aryl methyl sites for hydroxylation is 1. The van der Waals surface area contributed by atoms with E-state index in [1.165, 1.54) is 11.3 Å². The second-order valence-corrected chi connectivity index (χ2v) is 9.32. The first-order chi connectivity index (χ1) is 13.8. The second kappa shape index (κ2) is 7.42. The zero-order chi connectivity index (χ0) is 20.8. The molecule has 7 nitrogen and oxygen atoms in total. The van der Waals surface area contributed by atoms with Crippen molar-refractivity contribution in [1.82, 2.24) is 20.5 Å². The summed E-state index contributed by atoms with van der Waals surface area (Å²) in [7, 11) is 0. The van der Waals surface area contributed by atoms with Crippen molar-refractivity contribution in [2.45, 2.75) is 38.8 Å². The van der Waals surface area contributed by atoms with Crippen LogP contribution in [0, 0.1) is 12.8 Å². The maximum absolute atomic E-state index is 12.6. The fraction of sp³-hybridized carbons (Fsp3) is 0.400. The fourth-order valence-electron chi connectivity index (χ4n) is 3.57. The number of rotatable bonds is 6. The molecule has 9 heteroatoms.